The summed E-state index contributed by atoms with van der Waals surface area (Å²) >= 11 is 0. The number of rotatable bonds is 1. The quantitative estimate of drug-likeness (QED) is 0.532. The normalized spacial score (nSPS) is 15.2. The summed E-state index contributed by atoms with van der Waals surface area (Å²) in [6.07, 6.45) is 5.30. The molecule has 0 atom stereocenters. The van der Waals surface area contributed by atoms with Gasteiger partial charge in [0.25, 0.3) is 11.8 Å². The van der Waals surface area contributed by atoms with Crippen LogP contribution in [0.1, 0.15) is 28.0 Å². The Balaban J connectivity index is 1.75. The molecule has 24 heavy (non-hydrogen) atoms. The zero-order valence-corrected chi connectivity index (χ0v) is 12.2. The number of ketones is 1. The van der Waals surface area contributed by atoms with Gasteiger partial charge >= 0.3 is 0 Å². The van der Waals surface area contributed by atoms with Gasteiger partial charge in [-0.2, -0.15) is 0 Å². The summed E-state index contributed by atoms with van der Waals surface area (Å²) in [6, 6.07) is 6.76. The van der Waals surface area contributed by atoms with E-state index >= 15 is 0 Å². The topological polar surface area (TPSA) is 83.3 Å². The Morgan fingerprint density at radius 2 is 1.92 bits per heavy atom. The van der Waals surface area contributed by atoms with Crippen molar-refractivity contribution in [2.24, 2.45) is 0 Å². The van der Waals surface area contributed by atoms with Crippen LogP contribution in [0.2, 0.25) is 0 Å². The zero-order chi connectivity index (χ0) is 16.3. The van der Waals surface area contributed by atoms with Crippen LogP contribution in [0.5, 0.6) is 0 Å². The summed E-state index contributed by atoms with van der Waals surface area (Å²) in [4.78, 5) is 33.8. The Kier molecular flexibility index (Phi) is 2.44. The number of carbonyl (C=O) groups excluding carboxylic acids is 1. The van der Waals surface area contributed by atoms with E-state index in [9.17, 15) is 9.59 Å². The fraction of sp³-hybridized carbons (Fsp3) is 0.0588. The van der Waals surface area contributed by atoms with Gasteiger partial charge in [-0.3, -0.25) is 19.1 Å². The number of nitrogens with zero attached hydrogens (tertiary/aromatic N) is 3. The van der Waals surface area contributed by atoms with Crippen LogP contribution < -0.4 is 5.56 Å². The van der Waals surface area contributed by atoms with Crippen molar-refractivity contribution in [1.29, 1.82) is 0 Å². The van der Waals surface area contributed by atoms with Gasteiger partial charge in [-0.15, -0.1) is 0 Å². The van der Waals surface area contributed by atoms with Crippen molar-refractivity contribution in [1.82, 2.24) is 14.5 Å². The fourth-order valence-electron chi connectivity index (χ4n) is 3.00. The van der Waals surface area contributed by atoms with E-state index in [2.05, 4.69) is 9.97 Å². The lowest BCUT2D eigenvalue weighted by molar-refractivity contribution is -0.0246. The Labute approximate surface area is 134 Å². The highest BCUT2D eigenvalue weighted by molar-refractivity contribution is 6.13. The fourth-order valence-corrected chi connectivity index (χ4v) is 3.00. The molecule has 4 heterocycles. The molecule has 0 radical (unpaired) electrons. The summed E-state index contributed by atoms with van der Waals surface area (Å²) < 4.78 is 11.9. The van der Waals surface area contributed by atoms with E-state index in [0.29, 0.717) is 27.7 Å². The summed E-state index contributed by atoms with van der Waals surface area (Å²) in [6.45, 7) is 0. The Bertz CT molecular complexity index is 1110. The van der Waals surface area contributed by atoms with Gasteiger partial charge in [0.2, 0.25) is 5.78 Å². The van der Waals surface area contributed by atoms with Gasteiger partial charge in [0.1, 0.15) is 12.5 Å². The summed E-state index contributed by atoms with van der Waals surface area (Å²) in [5, 5.41) is 0.373. The molecule has 5 rings (SSSR count). The standard InChI is InChI=1S/C17H9N3O4/c21-14-10-7-9(17-23-5-6-24-17)1-2-13(10)20-15(14)19-12-3-4-18-8-11(12)16(20)22/h1-8,17H. The lowest BCUT2D eigenvalue weighted by Gasteiger charge is -2.11. The van der Waals surface area contributed by atoms with Gasteiger partial charge in [0, 0.05) is 18.0 Å². The highest BCUT2D eigenvalue weighted by atomic mass is 16.7. The van der Waals surface area contributed by atoms with Crippen molar-refractivity contribution in [3.05, 3.63) is 76.5 Å². The minimum absolute atomic E-state index is 0.109. The van der Waals surface area contributed by atoms with Crippen LogP contribution in [0.3, 0.4) is 0 Å². The van der Waals surface area contributed by atoms with Crippen LogP contribution in [0.25, 0.3) is 16.6 Å². The van der Waals surface area contributed by atoms with Crippen molar-refractivity contribution < 1.29 is 14.3 Å². The Hall–Kier alpha value is -3.48. The smallest absolute Gasteiger partial charge is 0.267 e. The molecule has 2 aliphatic rings. The average molecular weight is 319 g/mol. The number of benzene rings is 1. The predicted octanol–water partition coefficient (Wildman–Crippen LogP) is 1.84. The third kappa shape index (κ3) is 1.60. The number of aromatic nitrogens is 3. The number of ether oxygens (including phenoxy) is 2. The molecule has 1 aromatic carbocycles. The third-order valence-corrected chi connectivity index (χ3v) is 4.11. The molecule has 0 saturated heterocycles. The van der Waals surface area contributed by atoms with Crippen molar-refractivity contribution in [2.75, 3.05) is 0 Å². The summed E-state index contributed by atoms with van der Waals surface area (Å²) in [7, 11) is 0. The molecule has 3 aromatic rings. The van der Waals surface area contributed by atoms with E-state index in [1.54, 1.807) is 24.3 Å². The molecule has 0 bridgehead atoms. The van der Waals surface area contributed by atoms with Crippen LogP contribution in [-0.4, -0.2) is 20.3 Å². The average Bonchev–Trinajstić information content (AvgIpc) is 3.23. The van der Waals surface area contributed by atoms with Crippen molar-refractivity contribution in [2.45, 2.75) is 6.29 Å². The van der Waals surface area contributed by atoms with Gasteiger partial charge < -0.3 is 9.47 Å². The van der Waals surface area contributed by atoms with Crippen molar-refractivity contribution in [3.63, 3.8) is 0 Å². The van der Waals surface area contributed by atoms with E-state index in [1.165, 1.54) is 29.5 Å². The van der Waals surface area contributed by atoms with Gasteiger partial charge in [0.15, 0.2) is 5.82 Å². The number of hydrogen-bond acceptors (Lipinski definition) is 6. The lowest BCUT2D eigenvalue weighted by Crippen LogP contribution is -2.21. The van der Waals surface area contributed by atoms with Crippen LogP contribution in [0.4, 0.5) is 0 Å². The van der Waals surface area contributed by atoms with Crippen molar-refractivity contribution >= 4 is 16.7 Å². The van der Waals surface area contributed by atoms with Gasteiger partial charge in [-0.25, -0.2) is 4.98 Å². The molecular weight excluding hydrogens is 310 g/mol. The molecule has 0 N–H and O–H groups in total. The minimum Gasteiger partial charge on any atom is -0.455 e. The first-order chi connectivity index (χ1) is 11.7. The number of fused-ring (bicyclic) bond motifs is 4. The molecule has 2 aromatic heterocycles. The number of hydrogen-bond donors (Lipinski definition) is 0. The van der Waals surface area contributed by atoms with E-state index in [-0.39, 0.29) is 17.2 Å². The Morgan fingerprint density at radius 3 is 2.75 bits per heavy atom. The van der Waals surface area contributed by atoms with Crippen LogP contribution >= 0.6 is 0 Å². The molecule has 0 amide bonds. The number of pyridine rings is 1. The van der Waals surface area contributed by atoms with E-state index in [4.69, 9.17) is 9.47 Å². The summed E-state index contributed by atoms with van der Waals surface area (Å²) in [5.41, 5.74) is 1.75. The minimum atomic E-state index is -0.584. The first kappa shape index (κ1) is 13.0. The van der Waals surface area contributed by atoms with Crippen molar-refractivity contribution in [3.8, 4) is 5.69 Å². The van der Waals surface area contributed by atoms with Gasteiger partial charge in [-0.1, -0.05) is 0 Å². The highest BCUT2D eigenvalue weighted by Gasteiger charge is 2.31. The maximum Gasteiger partial charge on any atom is 0.267 e. The van der Waals surface area contributed by atoms with Gasteiger partial charge in [-0.05, 0) is 24.3 Å². The second kappa shape index (κ2) is 4.51. The first-order valence-corrected chi connectivity index (χ1v) is 7.26. The van der Waals surface area contributed by atoms with E-state index in [1.807, 2.05) is 0 Å². The monoisotopic (exact) mass is 319 g/mol. The molecular formula is C17H9N3O4. The Morgan fingerprint density at radius 1 is 1.08 bits per heavy atom. The maximum atomic E-state index is 12.7. The predicted molar refractivity (Wildman–Crippen MR) is 82.6 cm³/mol. The molecule has 2 aliphatic heterocycles. The second-order valence-electron chi connectivity index (χ2n) is 5.45. The second-order valence-corrected chi connectivity index (χ2v) is 5.45. The molecule has 116 valence electrons. The van der Waals surface area contributed by atoms with Crippen LogP contribution in [0.15, 0.2) is 54.0 Å². The highest BCUT2D eigenvalue weighted by Crippen LogP contribution is 2.31. The maximum absolute atomic E-state index is 12.7. The molecule has 0 spiro atoms. The zero-order valence-electron chi connectivity index (χ0n) is 12.2. The van der Waals surface area contributed by atoms with Crippen LogP contribution in [0, 0.1) is 0 Å². The molecule has 0 unspecified atom stereocenters. The number of carbonyl (C=O) groups is 1. The van der Waals surface area contributed by atoms with E-state index in [0.717, 1.165) is 0 Å². The van der Waals surface area contributed by atoms with E-state index < -0.39 is 6.29 Å². The van der Waals surface area contributed by atoms with Gasteiger partial charge in [0.05, 0.1) is 22.2 Å². The molecule has 0 aliphatic carbocycles. The molecule has 7 nitrogen and oxygen atoms in total. The molecule has 0 saturated carbocycles. The summed E-state index contributed by atoms with van der Waals surface area (Å²) in [5.74, 6) is -0.189. The molecule has 7 heteroatoms. The SMILES string of the molecule is O=C1c2cc(C3OC=CO3)ccc2-n2c1nc1ccncc1c2=O. The first-order valence-electron chi connectivity index (χ1n) is 7.26. The third-order valence-electron chi connectivity index (χ3n) is 4.11. The van der Waals surface area contributed by atoms with Crippen LogP contribution in [-0.2, 0) is 9.47 Å². The molecule has 0 fully saturated rings. The largest absolute Gasteiger partial charge is 0.455 e. The lowest BCUT2D eigenvalue weighted by atomic mass is 10.1.